The zero-order valence-corrected chi connectivity index (χ0v) is 16.1. The Balaban J connectivity index is 1.37. The molecule has 1 N–H and O–H groups in total. The van der Waals surface area contributed by atoms with Gasteiger partial charge in [-0.05, 0) is 37.3 Å². The van der Waals surface area contributed by atoms with Gasteiger partial charge in [0.25, 0.3) is 5.56 Å². The largest absolute Gasteiger partial charge is 0.381 e. The van der Waals surface area contributed by atoms with Crippen LogP contribution in [0.2, 0.25) is 5.02 Å². The number of benzene rings is 1. The minimum absolute atomic E-state index is 0.194. The Morgan fingerprint density at radius 3 is 2.67 bits per heavy atom. The number of hydrogen-bond donors (Lipinski definition) is 1. The summed E-state index contributed by atoms with van der Waals surface area (Å²) in [5.74, 6) is 0.679. The number of halogens is 1. The Morgan fingerprint density at radius 1 is 1.19 bits per heavy atom. The van der Waals surface area contributed by atoms with Gasteiger partial charge >= 0.3 is 0 Å². The maximum Gasteiger partial charge on any atom is 0.292 e. The lowest BCUT2D eigenvalue weighted by molar-refractivity contribution is 0.154. The maximum absolute atomic E-state index is 12.6. The number of rotatable bonds is 5. The highest BCUT2D eigenvalue weighted by molar-refractivity contribution is 6.32. The van der Waals surface area contributed by atoms with Crippen LogP contribution in [0.4, 0.5) is 5.69 Å². The van der Waals surface area contributed by atoms with Gasteiger partial charge in [0, 0.05) is 32.3 Å². The van der Waals surface area contributed by atoms with Gasteiger partial charge in [-0.1, -0.05) is 29.8 Å². The van der Waals surface area contributed by atoms with Gasteiger partial charge in [0.1, 0.15) is 5.02 Å². The summed E-state index contributed by atoms with van der Waals surface area (Å²) in [7, 11) is 0. The van der Waals surface area contributed by atoms with Crippen LogP contribution < -0.4 is 10.9 Å². The van der Waals surface area contributed by atoms with Crippen molar-refractivity contribution < 1.29 is 4.74 Å². The van der Waals surface area contributed by atoms with Crippen molar-refractivity contribution in [2.45, 2.75) is 25.3 Å². The van der Waals surface area contributed by atoms with E-state index in [0.29, 0.717) is 23.3 Å². The number of para-hydroxylation sites is 1. The molecule has 0 amide bonds. The molecule has 144 valence electrons. The van der Waals surface area contributed by atoms with Crippen molar-refractivity contribution in [2.24, 2.45) is 5.92 Å². The van der Waals surface area contributed by atoms with Crippen molar-refractivity contribution >= 4 is 17.3 Å². The lowest BCUT2D eigenvalue weighted by atomic mass is 10.0. The SMILES string of the molecule is O=c1c(Cl)c(NC2CCN(CC3CCOC3)CC2)cnn1-c1ccccc1. The summed E-state index contributed by atoms with van der Waals surface area (Å²) >= 11 is 6.35. The van der Waals surface area contributed by atoms with Crippen molar-refractivity contribution in [1.29, 1.82) is 0 Å². The highest BCUT2D eigenvalue weighted by Gasteiger charge is 2.24. The summed E-state index contributed by atoms with van der Waals surface area (Å²) in [6, 6.07) is 9.63. The number of nitrogens with zero attached hydrogens (tertiary/aromatic N) is 3. The van der Waals surface area contributed by atoms with E-state index in [9.17, 15) is 4.79 Å². The molecule has 2 aliphatic heterocycles. The molecule has 27 heavy (non-hydrogen) atoms. The molecular formula is C20H25ClN4O2. The van der Waals surface area contributed by atoms with E-state index in [4.69, 9.17) is 16.3 Å². The molecule has 6 nitrogen and oxygen atoms in total. The standard InChI is InChI=1S/C20H25ClN4O2/c21-19-18(12-22-25(20(19)26)17-4-2-1-3-5-17)23-16-6-9-24(10-7-16)13-15-8-11-27-14-15/h1-5,12,15-16,23H,6-11,13-14H2. The lowest BCUT2D eigenvalue weighted by Gasteiger charge is -2.34. The zero-order chi connectivity index (χ0) is 18.6. The molecule has 2 aromatic rings. The number of ether oxygens (including phenoxy) is 1. The number of hydrogen-bond acceptors (Lipinski definition) is 5. The van der Waals surface area contributed by atoms with Crippen LogP contribution in [0.3, 0.4) is 0 Å². The van der Waals surface area contributed by atoms with Gasteiger partial charge in [-0.3, -0.25) is 4.79 Å². The van der Waals surface area contributed by atoms with Gasteiger partial charge in [0.15, 0.2) is 0 Å². The van der Waals surface area contributed by atoms with Crippen molar-refractivity contribution in [3.8, 4) is 5.69 Å². The molecule has 2 aliphatic rings. The van der Waals surface area contributed by atoms with E-state index >= 15 is 0 Å². The number of likely N-dealkylation sites (tertiary alicyclic amines) is 1. The summed E-state index contributed by atoms with van der Waals surface area (Å²) < 4.78 is 6.81. The quantitative estimate of drug-likeness (QED) is 0.853. The summed E-state index contributed by atoms with van der Waals surface area (Å²) in [5.41, 5.74) is 1.03. The van der Waals surface area contributed by atoms with Gasteiger partial charge in [-0.2, -0.15) is 9.78 Å². The van der Waals surface area contributed by atoms with E-state index < -0.39 is 0 Å². The fraction of sp³-hybridized carbons (Fsp3) is 0.500. The van der Waals surface area contributed by atoms with Crippen molar-refractivity contribution in [3.05, 3.63) is 51.9 Å². The summed E-state index contributed by atoms with van der Waals surface area (Å²) in [6.07, 6.45) is 4.90. The maximum atomic E-state index is 12.6. The third-order valence-corrected chi connectivity index (χ3v) is 5.77. The number of piperidine rings is 1. The van der Waals surface area contributed by atoms with Gasteiger partial charge in [0.2, 0.25) is 0 Å². The Morgan fingerprint density at radius 2 is 1.96 bits per heavy atom. The second kappa shape index (κ2) is 8.42. The average Bonchev–Trinajstić information content (AvgIpc) is 3.21. The normalized spacial score (nSPS) is 21.4. The Bertz CT molecular complexity index is 812. The van der Waals surface area contributed by atoms with E-state index in [1.165, 1.54) is 11.1 Å². The van der Waals surface area contributed by atoms with Crippen LogP contribution in [-0.2, 0) is 4.74 Å². The monoisotopic (exact) mass is 388 g/mol. The molecule has 4 rings (SSSR count). The highest BCUT2D eigenvalue weighted by Crippen LogP contribution is 2.23. The second-order valence-electron chi connectivity index (χ2n) is 7.37. The van der Waals surface area contributed by atoms with Crippen LogP contribution in [0.15, 0.2) is 41.3 Å². The fourth-order valence-corrected chi connectivity index (χ4v) is 4.04. The summed E-state index contributed by atoms with van der Waals surface area (Å²) in [5, 5.41) is 7.91. The molecule has 1 unspecified atom stereocenters. The minimum Gasteiger partial charge on any atom is -0.381 e. The number of nitrogens with one attached hydrogen (secondary N) is 1. The van der Waals surface area contributed by atoms with Crippen LogP contribution in [0.1, 0.15) is 19.3 Å². The topological polar surface area (TPSA) is 59.4 Å². The fourth-order valence-electron chi connectivity index (χ4n) is 3.86. The van der Waals surface area contributed by atoms with E-state index in [0.717, 1.165) is 45.7 Å². The van der Waals surface area contributed by atoms with Crippen LogP contribution in [-0.4, -0.2) is 53.6 Å². The summed E-state index contributed by atoms with van der Waals surface area (Å²) in [6.45, 7) is 5.04. The first-order valence-corrected chi connectivity index (χ1v) is 9.98. The predicted octanol–water partition coefficient (Wildman–Crippen LogP) is 2.80. The molecule has 1 aromatic carbocycles. The molecule has 1 atom stereocenters. The Kier molecular flexibility index (Phi) is 5.76. The van der Waals surface area contributed by atoms with Crippen LogP contribution in [0.5, 0.6) is 0 Å². The first kappa shape index (κ1) is 18.5. The molecule has 0 spiro atoms. The van der Waals surface area contributed by atoms with Crippen molar-refractivity contribution in [2.75, 3.05) is 38.2 Å². The number of anilines is 1. The molecule has 3 heterocycles. The summed E-state index contributed by atoms with van der Waals surface area (Å²) in [4.78, 5) is 15.1. The minimum atomic E-state index is -0.300. The smallest absolute Gasteiger partial charge is 0.292 e. The zero-order valence-electron chi connectivity index (χ0n) is 15.3. The predicted molar refractivity (Wildman–Crippen MR) is 107 cm³/mol. The average molecular weight is 389 g/mol. The van der Waals surface area contributed by atoms with Crippen LogP contribution in [0.25, 0.3) is 5.69 Å². The van der Waals surface area contributed by atoms with Crippen LogP contribution in [0, 0.1) is 5.92 Å². The lowest BCUT2D eigenvalue weighted by Crippen LogP contribution is -2.41. The molecular weight excluding hydrogens is 364 g/mol. The van der Waals surface area contributed by atoms with Gasteiger partial charge in [-0.15, -0.1) is 0 Å². The van der Waals surface area contributed by atoms with Crippen LogP contribution >= 0.6 is 11.6 Å². The van der Waals surface area contributed by atoms with Crippen molar-refractivity contribution in [3.63, 3.8) is 0 Å². The Hall–Kier alpha value is -1.89. The molecule has 2 fully saturated rings. The third-order valence-electron chi connectivity index (χ3n) is 5.41. The highest BCUT2D eigenvalue weighted by atomic mass is 35.5. The first-order chi connectivity index (χ1) is 13.2. The van der Waals surface area contributed by atoms with E-state index in [1.54, 1.807) is 6.20 Å². The van der Waals surface area contributed by atoms with E-state index in [-0.39, 0.29) is 10.6 Å². The molecule has 1 aromatic heterocycles. The van der Waals surface area contributed by atoms with Gasteiger partial charge < -0.3 is 15.0 Å². The molecule has 0 saturated carbocycles. The van der Waals surface area contributed by atoms with E-state index in [2.05, 4.69) is 15.3 Å². The molecule has 2 saturated heterocycles. The molecule has 7 heteroatoms. The third kappa shape index (κ3) is 4.34. The second-order valence-corrected chi connectivity index (χ2v) is 7.75. The van der Waals surface area contributed by atoms with E-state index in [1.807, 2.05) is 30.3 Å². The molecule has 0 aliphatic carbocycles. The molecule has 0 radical (unpaired) electrons. The van der Waals surface area contributed by atoms with Gasteiger partial charge in [-0.25, -0.2) is 0 Å². The molecule has 0 bridgehead atoms. The first-order valence-electron chi connectivity index (χ1n) is 9.60. The Labute approximate surface area is 164 Å². The van der Waals surface area contributed by atoms with Crippen molar-refractivity contribution in [1.82, 2.24) is 14.7 Å². The van der Waals surface area contributed by atoms with Gasteiger partial charge in [0.05, 0.1) is 24.2 Å². The number of aromatic nitrogens is 2.